The molecular formula is C27H25N3O4. The first kappa shape index (κ1) is 24.1. The first-order valence-electron chi connectivity index (χ1n) is 10.9. The van der Waals surface area contributed by atoms with Crippen LogP contribution in [-0.2, 0) is 11.2 Å². The SMILES string of the molecule is N#CC(=Cc1ccc(O)c(NC(=O)Oc2ccccc2)c1)C(=O)NCCCCc1ccccc1. The maximum Gasteiger partial charge on any atom is 0.417 e. The van der Waals surface area contributed by atoms with E-state index >= 15 is 0 Å². The number of amides is 2. The van der Waals surface area contributed by atoms with Crippen LogP contribution >= 0.6 is 0 Å². The fraction of sp³-hybridized carbons (Fsp3) is 0.148. The Morgan fingerprint density at radius 3 is 2.38 bits per heavy atom. The number of nitriles is 1. The molecule has 0 spiro atoms. The lowest BCUT2D eigenvalue weighted by Crippen LogP contribution is -2.25. The van der Waals surface area contributed by atoms with Crippen molar-refractivity contribution in [2.45, 2.75) is 19.3 Å². The van der Waals surface area contributed by atoms with Crippen LogP contribution in [0.4, 0.5) is 10.5 Å². The smallest absolute Gasteiger partial charge is 0.417 e. The van der Waals surface area contributed by atoms with Gasteiger partial charge < -0.3 is 15.2 Å². The number of carbonyl (C=O) groups excluding carboxylic acids is 2. The Bertz CT molecular complexity index is 1190. The number of rotatable bonds is 9. The van der Waals surface area contributed by atoms with Gasteiger partial charge in [0.25, 0.3) is 5.91 Å². The maximum atomic E-state index is 12.4. The summed E-state index contributed by atoms with van der Waals surface area (Å²) in [7, 11) is 0. The van der Waals surface area contributed by atoms with Gasteiger partial charge in [-0.05, 0) is 60.7 Å². The number of carbonyl (C=O) groups is 2. The number of aryl methyl sites for hydroxylation is 1. The van der Waals surface area contributed by atoms with Crippen molar-refractivity contribution in [1.29, 1.82) is 5.26 Å². The summed E-state index contributed by atoms with van der Waals surface area (Å²) in [5.41, 5.74) is 1.72. The molecule has 3 aromatic rings. The third-order valence-corrected chi connectivity index (χ3v) is 4.91. The van der Waals surface area contributed by atoms with E-state index in [9.17, 15) is 20.0 Å². The molecule has 7 nitrogen and oxygen atoms in total. The predicted molar refractivity (Wildman–Crippen MR) is 130 cm³/mol. The standard InChI is InChI=1S/C27H25N3O4/c28-19-22(26(32)29-16-8-7-11-20-9-3-1-4-10-20)17-21-14-15-25(31)24(18-21)30-27(33)34-23-12-5-2-6-13-23/h1-6,9-10,12-15,17-18,31H,7-8,11,16H2,(H,29,32)(H,30,33). The van der Waals surface area contributed by atoms with Crippen molar-refractivity contribution in [3.63, 3.8) is 0 Å². The Morgan fingerprint density at radius 2 is 1.68 bits per heavy atom. The third-order valence-electron chi connectivity index (χ3n) is 4.91. The van der Waals surface area contributed by atoms with E-state index in [4.69, 9.17) is 4.74 Å². The highest BCUT2D eigenvalue weighted by Gasteiger charge is 2.12. The van der Waals surface area contributed by atoms with Crippen molar-refractivity contribution in [1.82, 2.24) is 5.32 Å². The number of benzene rings is 3. The highest BCUT2D eigenvalue weighted by atomic mass is 16.6. The third kappa shape index (κ3) is 7.53. The predicted octanol–water partition coefficient (Wildman–Crippen LogP) is 5.05. The second-order valence-corrected chi connectivity index (χ2v) is 7.47. The Labute approximate surface area is 198 Å². The number of anilines is 1. The van der Waals surface area contributed by atoms with Gasteiger partial charge in [0, 0.05) is 6.54 Å². The van der Waals surface area contributed by atoms with Gasteiger partial charge >= 0.3 is 6.09 Å². The number of hydrogen-bond donors (Lipinski definition) is 3. The zero-order valence-electron chi connectivity index (χ0n) is 18.5. The van der Waals surface area contributed by atoms with Crippen LogP contribution in [-0.4, -0.2) is 23.7 Å². The van der Waals surface area contributed by atoms with Crippen molar-refractivity contribution < 1.29 is 19.4 Å². The average molecular weight is 456 g/mol. The zero-order chi connectivity index (χ0) is 24.2. The second-order valence-electron chi connectivity index (χ2n) is 7.47. The summed E-state index contributed by atoms with van der Waals surface area (Å²) in [5, 5.41) is 24.7. The van der Waals surface area contributed by atoms with E-state index in [-0.39, 0.29) is 17.0 Å². The van der Waals surface area contributed by atoms with E-state index in [0.29, 0.717) is 17.9 Å². The molecule has 0 fully saturated rings. The van der Waals surface area contributed by atoms with Crippen LogP contribution in [0.5, 0.6) is 11.5 Å². The summed E-state index contributed by atoms with van der Waals surface area (Å²) in [6.07, 6.45) is 3.24. The van der Waals surface area contributed by atoms with Gasteiger partial charge in [-0.1, -0.05) is 54.6 Å². The fourth-order valence-electron chi connectivity index (χ4n) is 3.19. The number of para-hydroxylation sites is 1. The van der Waals surface area contributed by atoms with Crippen LogP contribution in [0.25, 0.3) is 6.08 Å². The lowest BCUT2D eigenvalue weighted by Gasteiger charge is -2.09. The molecule has 34 heavy (non-hydrogen) atoms. The quantitative estimate of drug-likeness (QED) is 0.181. The Kier molecular flexibility index (Phi) is 8.83. The molecule has 0 atom stereocenters. The Hall–Kier alpha value is -4.57. The van der Waals surface area contributed by atoms with Crippen LogP contribution in [0.2, 0.25) is 0 Å². The van der Waals surface area contributed by atoms with Crippen LogP contribution in [0, 0.1) is 11.3 Å². The number of phenols is 1. The molecule has 0 unspecified atom stereocenters. The summed E-state index contributed by atoms with van der Waals surface area (Å²) in [6, 6.07) is 24.8. The van der Waals surface area contributed by atoms with Gasteiger partial charge in [0.2, 0.25) is 0 Å². The summed E-state index contributed by atoms with van der Waals surface area (Å²) >= 11 is 0. The maximum absolute atomic E-state index is 12.4. The molecule has 0 aliphatic heterocycles. The first-order chi connectivity index (χ1) is 16.5. The molecular weight excluding hydrogens is 430 g/mol. The minimum Gasteiger partial charge on any atom is -0.506 e. The number of ether oxygens (including phenoxy) is 1. The molecule has 0 saturated heterocycles. The second kappa shape index (κ2) is 12.5. The van der Waals surface area contributed by atoms with Crippen molar-refractivity contribution in [2.75, 3.05) is 11.9 Å². The topological polar surface area (TPSA) is 111 Å². The summed E-state index contributed by atoms with van der Waals surface area (Å²) < 4.78 is 5.15. The number of phenolic OH excluding ortho intramolecular Hbond substituents is 1. The number of nitrogens with one attached hydrogen (secondary N) is 2. The number of aromatic hydroxyl groups is 1. The molecule has 7 heteroatoms. The number of hydrogen-bond acceptors (Lipinski definition) is 5. The molecule has 2 amide bonds. The molecule has 3 N–H and O–H groups in total. The van der Waals surface area contributed by atoms with Crippen molar-refractivity contribution in [3.05, 3.63) is 95.6 Å². The van der Waals surface area contributed by atoms with Gasteiger partial charge in [-0.2, -0.15) is 5.26 Å². The van der Waals surface area contributed by atoms with E-state index in [1.54, 1.807) is 30.3 Å². The minimum absolute atomic E-state index is 0.0773. The van der Waals surface area contributed by atoms with Crippen molar-refractivity contribution in [2.24, 2.45) is 0 Å². The Balaban J connectivity index is 1.55. The highest BCUT2D eigenvalue weighted by Crippen LogP contribution is 2.26. The fourth-order valence-corrected chi connectivity index (χ4v) is 3.19. The molecule has 0 bridgehead atoms. The number of nitrogens with zero attached hydrogens (tertiary/aromatic N) is 1. The van der Waals surface area contributed by atoms with Crippen molar-refractivity contribution in [3.8, 4) is 17.6 Å². The van der Waals surface area contributed by atoms with Crippen LogP contribution in [0.3, 0.4) is 0 Å². The summed E-state index contributed by atoms with van der Waals surface area (Å²) in [4.78, 5) is 24.5. The molecule has 0 radical (unpaired) electrons. The van der Waals surface area contributed by atoms with Crippen LogP contribution in [0.1, 0.15) is 24.0 Å². The normalized spacial score (nSPS) is 10.7. The summed E-state index contributed by atoms with van der Waals surface area (Å²) in [6.45, 7) is 0.457. The lowest BCUT2D eigenvalue weighted by molar-refractivity contribution is -0.117. The van der Waals surface area contributed by atoms with Crippen LogP contribution in [0.15, 0.2) is 84.4 Å². The van der Waals surface area contributed by atoms with E-state index < -0.39 is 12.0 Å². The first-order valence-corrected chi connectivity index (χ1v) is 10.9. The van der Waals surface area contributed by atoms with E-state index in [0.717, 1.165) is 19.3 Å². The lowest BCUT2D eigenvalue weighted by atomic mass is 10.1. The number of unbranched alkanes of at least 4 members (excludes halogenated alkanes) is 1. The molecule has 3 aromatic carbocycles. The molecule has 0 saturated carbocycles. The van der Waals surface area contributed by atoms with Crippen LogP contribution < -0.4 is 15.4 Å². The molecule has 3 rings (SSSR count). The molecule has 0 aliphatic rings. The van der Waals surface area contributed by atoms with Gasteiger partial charge in [-0.3, -0.25) is 10.1 Å². The highest BCUT2D eigenvalue weighted by molar-refractivity contribution is 6.02. The molecule has 172 valence electrons. The van der Waals surface area contributed by atoms with E-state index in [1.807, 2.05) is 24.3 Å². The van der Waals surface area contributed by atoms with Gasteiger partial charge in [0.05, 0.1) is 5.69 Å². The molecule has 0 heterocycles. The molecule has 0 aromatic heterocycles. The van der Waals surface area contributed by atoms with E-state index in [1.165, 1.54) is 29.8 Å². The minimum atomic E-state index is -0.781. The Morgan fingerprint density at radius 1 is 0.971 bits per heavy atom. The van der Waals surface area contributed by atoms with Gasteiger partial charge in [-0.15, -0.1) is 0 Å². The summed E-state index contributed by atoms with van der Waals surface area (Å²) in [5.74, 6) is -0.306. The van der Waals surface area contributed by atoms with Gasteiger partial charge in [0.15, 0.2) is 0 Å². The van der Waals surface area contributed by atoms with E-state index in [2.05, 4.69) is 22.8 Å². The average Bonchev–Trinajstić information content (AvgIpc) is 2.85. The van der Waals surface area contributed by atoms with Crippen molar-refractivity contribution >= 4 is 23.8 Å². The monoisotopic (exact) mass is 455 g/mol. The zero-order valence-corrected chi connectivity index (χ0v) is 18.5. The van der Waals surface area contributed by atoms with Gasteiger partial charge in [0.1, 0.15) is 23.1 Å². The van der Waals surface area contributed by atoms with Gasteiger partial charge in [-0.25, -0.2) is 4.79 Å². The largest absolute Gasteiger partial charge is 0.506 e. The molecule has 0 aliphatic carbocycles.